The lowest BCUT2D eigenvalue weighted by Crippen LogP contribution is -2.26. The van der Waals surface area contributed by atoms with Crippen LogP contribution in [0.15, 0.2) is 54.6 Å². The van der Waals surface area contributed by atoms with Crippen LogP contribution in [-0.4, -0.2) is 33.7 Å². The minimum atomic E-state index is -0.442. The predicted octanol–water partition coefficient (Wildman–Crippen LogP) is 4.96. The fourth-order valence-corrected chi connectivity index (χ4v) is 4.12. The van der Waals surface area contributed by atoms with E-state index in [0.717, 1.165) is 35.2 Å². The standard InChI is InChI=1S/C27H26N4O3/c1-16-5-7-19(8-6-16)26(32)30(3)20-11-13-21(14-12-20)34-27(33)22-15-23(18-9-10-18)28-25-24(22)17(2)29-31(25)4/h5-8,11-15,18H,9-10H2,1-4H3. The molecule has 1 fully saturated rings. The molecule has 2 aromatic heterocycles. The molecular weight excluding hydrogens is 428 g/mol. The average molecular weight is 455 g/mol. The van der Waals surface area contributed by atoms with Crippen LogP contribution < -0.4 is 9.64 Å². The highest BCUT2D eigenvalue weighted by molar-refractivity contribution is 6.06. The second-order valence-corrected chi connectivity index (χ2v) is 8.89. The third-order valence-corrected chi connectivity index (χ3v) is 6.24. The molecule has 2 aromatic carbocycles. The number of amides is 1. The third kappa shape index (κ3) is 4.05. The van der Waals surface area contributed by atoms with Gasteiger partial charge in [0.15, 0.2) is 5.65 Å². The first-order valence-electron chi connectivity index (χ1n) is 11.3. The van der Waals surface area contributed by atoms with Gasteiger partial charge in [0.2, 0.25) is 0 Å². The van der Waals surface area contributed by atoms with Crippen molar-refractivity contribution in [1.29, 1.82) is 0 Å². The minimum absolute atomic E-state index is 0.108. The molecule has 34 heavy (non-hydrogen) atoms. The number of aryl methyl sites for hydroxylation is 3. The van der Waals surface area contributed by atoms with Crippen molar-refractivity contribution < 1.29 is 14.3 Å². The van der Waals surface area contributed by atoms with Crippen molar-refractivity contribution in [3.63, 3.8) is 0 Å². The highest BCUT2D eigenvalue weighted by Gasteiger charge is 2.29. The molecule has 0 saturated heterocycles. The van der Waals surface area contributed by atoms with Gasteiger partial charge in [-0.2, -0.15) is 5.10 Å². The second kappa shape index (κ2) is 8.41. The smallest absolute Gasteiger partial charge is 0.344 e. The molecule has 1 saturated carbocycles. The lowest BCUT2D eigenvalue weighted by atomic mass is 10.1. The van der Waals surface area contributed by atoms with Gasteiger partial charge in [-0.15, -0.1) is 0 Å². The summed E-state index contributed by atoms with van der Waals surface area (Å²) in [5, 5.41) is 5.17. The van der Waals surface area contributed by atoms with Crippen LogP contribution in [0.3, 0.4) is 0 Å². The maximum atomic E-state index is 13.2. The van der Waals surface area contributed by atoms with Crippen LogP contribution in [0.25, 0.3) is 11.0 Å². The van der Waals surface area contributed by atoms with Crippen LogP contribution in [0.5, 0.6) is 5.75 Å². The van der Waals surface area contributed by atoms with Gasteiger partial charge in [0, 0.05) is 37.0 Å². The third-order valence-electron chi connectivity index (χ3n) is 6.24. The number of esters is 1. The van der Waals surface area contributed by atoms with E-state index < -0.39 is 5.97 Å². The van der Waals surface area contributed by atoms with E-state index in [1.54, 1.807) is 40.9 Å². The van der Waals surface area contributed by atoms with Gasteiger partial charge in [-0.05, 0) is 69.2 Å². The normalized spacial score (nSPS) is 13.2. The maximum Gasteiger partial charge on any atom is 0.344 e. The molecule has 5 rings (SSSR count). The summed E-state index contributed by atoms with van der Waals surface area (Å²) in [5.74, 6) is 0.252. The van der Waals surface area contributed by atoms with E-state index in [1.165, 1.54) is 0 Å². The summed E-state index contributed by atoms with van der Waals surface area (Å²) in [6.45, 7) is 3.85. The number of benzene rings is 2. The lowest BCUT2D eigenvalue weighted by Gasteiger charge is -2.18. The summed E-state index contributed by atoms with van der Waals surface area (Å²) in [5.41, 5.74) is 5.25. The number of carbonyl (C=O) groups is 2. The van der Waals surface area contributed by atoms with Gasteiger partial charge in [-0.25, -0.2) is 9.78 Å². The molecule has 4 aromatic rings. The van der Waals surface area contributed by atoms with E-state index in [1.807, 2.05) is 51.2 Å². The molecule has 1 aliphatic carbocycles. The summed E-state index contributed by atoms with van der Waals surface area (Å²) in [6, 6.07) is 16.2. The fraction of sp³-hybridized carbons (Fsp3) is 0.259. The van der Waals surface area contributed by atoms with Crippen LogP contribution in [0, 0.1) is 13.8 Å². The predicted molar refractivity (Wildman–Crippen MR) is 131 cm³/mol. The highest BCUT2D eigenvalue weighted by atomic mass is 16.5. The quantitative estimate of drug-likeness (QED) is 0.315. The van der Waals surface area contributed by atoms with E-state index in [4.69, 9.17) is 9.72 Å². The minimum Gasteiger partial charge on any atom is -0.423 e. The Bertz CT molecular complexity index is 1400. The Hall–Kier alpha value is -4.00. The van der Waals surface area contributed by atoms with E-state index >= 15 is 0 Å². The van der Waals surface area contributed by atoms with Gasteiger partial charge in [-0.3, -0.25) is 9.48 Å². The van der Waals surface area contributed by atoms with E-state index in [-0.39, 0.29) is 5.91 Å². The largest absolute Gasteiger partial charge is 0.423 e. The zero-order valence-corrected chi connectivity index (χ0v) is 19.7. The molecule has 7 nitrogen and oxygen atoms in total. The Morgan fingerprint density at radius 1 is 1.03 bits per heavy atom. The first-order valence-corrected chi connectivity index (χ1v) is 11.3. The first-order chi connectivity index (χ1) is 16.3. The highest BCUT2D eigenvalue weighted by Crippen LogP contribution is 2.40. The lowest BCUT2D eigenvalue weighted by molar-refractivity contribution is 0.0736. The summed E-state index contributed by atoms with van der Waals surface area (Å²) < 4.78 is 7.43. The molecular formula is C27H26N4O3. The molecule has 7 heteroatoms. The molecule has 0 N–H and O–H groups in total. The summed E-state index contributed by atoms with van der Waals surface area (Å²) >= 11 is 0. The number of anilines is 1. The number of carbonyl (C=O) groups excluding carboxylic acids is 2. The van der Waals surface area contributed by atoms with Crippen molar-refractivity contribution in [2.45, 2.75) is 32.6 Å². The average Bonchev–Trinajstić information content (AvgIpc) is 3.64. The molecule has 0 atom stereocenters. The van der Waals surface area contributed by atoms with Crippen LogP contribution in [0.2, 0.25) is 0 Å². The van der Waals surface area contributed by atoms with Crippen molar-refractivity contribution in [1.82, 2.24) is 14.8 Å². The monoisotopic (exact) mass is 454 g/mol. The fourth-order valence-electron chi connectivity index (χ4n) is 4.12. The zero-order chi connectivity index (χ0) is 24.0. The molecule has 1 amide bonds. The first kappa shape index (κ1) is 21.8. The molecule has 0 spiro atoms. The number of hydrogen-bond acceptors (Lipinski definition) is 5. The Balaban J connectivity index is 1.37. The van der Waals surface area contributed by atoms with Gasteiger partial charge >= 0.3 is 5.97 Å². The number of aromatic nitrogens is 3. The summed E-state index contributed by atoms with van der Waals surface area (Å²) in [4.78, 5) is 32.3. The summed E-state index contributed by atoms with van der Waals surface area (Å²) in [6.07, 6.45) is 2.17. The molecule has 1 aliphatic rings. The van der Waals surface area contributed by atoms with Crippen molar-refractivity contribution in [2.75, 3.05) is 11.9 Å². The van der Waals surface area contributed by atoms with Crippen molar-refractivity contribution in [2.24, 2.45) is 7.05 Å². The van der Waals surface area contributed by atoms with Gasteiger partial charge in [0.1, 0.15) is 5.75 Å². The number of fused-ring (bicyclic) bond motifs is 1. The van der Waals surface area contributed by atoms with E-state index in [0.29, 0.717) is 34.1 Å². The van der Waals surface area contributed by atoms with E-state index in [2.05, 4.69) is 5.10 Å². The summed E-state index contributed by atoms with van der Waals surface area (Å²) in [7, 11) is 3.56. The Kier molecular flexibility index (Phi) is 5.40. The maximum absolute atomic E-state index is 13.2. The topological polar surface area (TPSA) is 77.3 Å². The van der Waals surface area contributed by atoms with Gasteiger partial charge in [0.05, 0.1) is 16.6 Å². The van der Waals surface area contributed by atoms with E-state index in [9.17, 15) is 9.59 Å². The van der Waals surface area contributed by atoms with Crippen molar-refractivity contribution >= 4 is 28.6 Å². The molecule has 0 bridgehead atoms. The Morgan fingerprint density at radius 3 is 2.35 bits per heavy atom. The number of pyridine rings is 1. The number of ether oxygens (including phenoxy) is 1. The van der Waals surface area contributed by atoms with Gasteiger partial charge in [-0.1, -0.05) is 17.7 Å². The number of rotatable bonds is 5. The van der Waals surface area contributed by atoms with Crippen molar-refractivity contribution in [3.8, 4) is 5.75 Å². The molecule has 0 radical (unpaired) electrons. The number of hydrogen-bond donors (Lipinski definition) is 0. The Labute approximate surface area is 198 Å². The van der Waals surface area contributed by atoms with Gasteiger partial charge in [0.25, 0.3) is 5.91 Å². The SMILES string of the molecule is Cc1ccc(C(=O)N(C)c2ccc(OC(=O)c3cc(C4CC4)nc4c3c(C)nn4C)cc2)cc1. The van der Waals surface area contributed by atoms with Crippen LogP contribution >= 0.6 is 0 Å². The van der Waals surface area contributed by atoms with Crippen LogP contribution in [-0.2, 0) is 7.05 Å². The second-order valence-electron chi connectivity index (χ2n) is 8.89. The molecule has 0 unspecified atom stereocenters. The van der Waals surface area contributed by atoms with Crippen LogP contribution in [0.1, 0.15) is 56.4 Å². The molecule has 0 aliphatic heterocycles. The molecule has 172 valence electrons. The molecule has 2 heterocycles. The van der Waals surface area contributed by atoms with Gasteiger partial charge < -0.3 is 9.64 Å². The van der Waals surface area contributed by atoms with Crippen LogP contribution in [0.4, 0.5) is 5.69 Å². The zero-order valence-electron chi connectivity index (χ0n) is 19.7. The Morgan fingerprint density at radius 2 is 1.71 bits per heavy atom. The number of nitrogens with zero attached hydrogens (tertiary/aromatic N) is 4. The van der Waals surface area contributed by atoms with Crippen molar-refractivity contribution in [3.05, 3.63) is 82.7 Å².